The molecule has 0 atom stereocenters. The first-order chi connectivity index (χ1) is 6.79. The van der Waals surface area contributed by atoms with E-state index >= 15 is 0 Å². The SMILES string of the molecule is [2H]c1cn(-c2ccc(CC)cc2)nn1. The normalized spacial score (nSPS) is 11.3. The molecule has 0 saturated heterocycles. The van der Waals surface area contributed by atoms with Gasteiger partial charge in [-0.3, -0.25) is 0 Å². The molecule has 13 heavy (non-hydrogen) atoms. The van der Waals surface area contributed by atoms with Gasteiger partial charge in [-0.1, -0.05) is 24.3 Å². The Labute approximate surface area is 78.4 Å². The zero-order valence-electron chi connectivity index (χ0n) is 8.44. The molecular formula is C10H11N3. The van der Waals surface area contributed by atoms with Gasteiger partial charge in [-0.2, -0.15) is 0 Å². The van der Waals surface area contributed by atoms with Crippen LogP contribution < -0.4 is 0 Å². The first kappa shape index (κ1) is 6.83. The van der Waals surface area contributed by atoms with Gasteiger partial charge in [0.15, 0.2) is 0 Å². The van der Waals surface area contributed by atoms with Crippen LogP contribution in [0.3, 0.4) is 0 Å². The van der Waals surface area contributed by atoms with E-state index in [2.05, 4.69) is 29.4 Å². The average molecular weight is 174 g/mol. The van der Waals surface area contributed by atoms with Crippen LogP contribution in [0.5, 0.6) is 0 Å². The van der Waals surface area contributed by atoms with E-state index < -0.39 is 0 Å². The molecule has 0 radical (unpaired) electrons. The Morgan fingerprint density at radius 3 is 2.69 bits per heavy atom. The zero-order chi connectivity index (χ0) is 9.97. The number of aromatic nitrogens is 3. The van der Waals surface area contributed by atoms with Crippen LogP contribution in [0.4, 0.5) is 0 Å². The quantitative estimate of drug-likeness (QED) is 0.695. The minimum Gasteiger partial charge on any atom is -0.221 e. The van der Waals surface area contributed by atoms with Crippen molar-refractivity contribution in [2.24, 2.45) is 0 Å². The lowest BCUT2D eigenvalue weighted by atomic mass is 10.1. The minimum absolute atomic E-state index is 0.185. The van der Waals surface area contributed by atoms with Crippen molar-refractivity contribution in [2.75, 3.05) is 0 Å². The van der Waals surface area contributed by atoms with Crippen molar-refractivity contribution in [3.05, 3.63) is 42.2 Å². The van der Waals surface area contributed by atoms with Crippen molar-refractivity contribution in [2.45, 2.75) is 13.3 Å². The van der Waals surface area contributed by atoms with E-state index in [1.807, 2.05) is 12.1 Å². The fourth-order valence-electron chi connectivity index (χ4n) is 1.19. The molecule has 0 spiro atoms. The average Bonchev–Trinajstić information content (AvgIpc) is 2.65. The van der Waals surface area contributed by atoms with Gasteiger partial charge < -0.3 is 0 Å². The highest BCUT2D eigenvalue weighted by Gasteiger charge is 1.95. The van der Waals surface area contributed by atoms with Crippen LogP contribution in [-0.4, -0.2) is 15.0 Å². The Hall–Kier alpha value is -1.64. The van der Waals surface area contributed by atoms with Gasteiger partial charge in [0, 0.05) is 0 Å². The summed E-state index contributed by atoms with van der Waals surface area (Å²) in [5.41, 5.74) is 2.23. The summed E-state index contributed by atoms with van der Waals surface area (Å²) in [6, 6.07) is 8.07. The predicted molar refractivity (Wildman–Crippen MR) is 50.7 cm³/mol. The standard InChI is InChI=1S/C10H11N3/c1-2-9-3-5-10(6-4-9)13-8-7-11-12-13/h3-8H,2H2,1H3/i7D. The van der Waals surface area contributed by atoms with Gasteiger partial charge in [0.1, 0.15) is 0 Å². The van der Waals surface area contributed by atoms with E-state index in [1.165, 1.54) is 5.56 Å². The Morgan fingerprint density at radius 2 is 2.15 bits per heavy atom. The Kier molecular flexibility index (Phi) is 1.78. The third-order valence-corrected chi connectivity index (χ3v) is 1.99. The van der Waals surface area contributed by atoms with Crippen molar-refractivity contribution in [3.63, 3.8) is 0 Å². The lowest BCUT2D eigenvalue weighted by Gasteiger charge is -2.00. The van der Waals surface area contributed by atoms with Crippen LogP contribution in [0.15, 0.2) is 36.6 Å². The van der Waals surface area contributed by atoms with Gasteiger partial charge in [-0.15, -0.1) is 5.10 Å². The van der Waals surface area contributed by atoms with Crippen molar-refractivity contribution < 1.29 is 1.37 Å². The second-order valence-electron chi connectivity index (χ2n) is 2.81. The maximum Gasteiger partial charge on any atom is 0.0877 e. The van der Waals surface area contributed by atoms with E-state index in [0.717, 1.165) is 12.1 Å². The number of aryl methyl sites for hydroxylation is 1. The number of rotatable bonds is 2. The molecule has 66 valence electrons. The lowest BCUT2D eigenvalue weighted by molar-refractivity contribution is 0.802. The molecule has 1 heterocycles. The first-order valence-corrected chi connectivity index (χ1v) is 4.28. The summed E-state index contributed by atoms with van der Waals surface area (Å²) in [6.45, 7) is 2.12. The molecule has 0 amide bonds. The molecule has 3 nitrogen and oxygen atoms in total. The molecule has 0 aliphatic heterocycles. The van der Waals surface area contributed by atoms with E-state index in [9.17, 15) is 0 Å². The van der Waals surface area contributed by atoms with Gasteiger partial charge in [0.2, 0.25) is 0 Å². The largest absolute Gasteiger partial charge is 0.221 e. The maximum atomic E-state index is 7.25. The highest BCUT2D eigenvalue weighted by atomic mass is 15.4. The highest BCUT2D eigenvalue weighted by Crippen LogP contribution is 2.07. The van der Waals surface area contributed by atoms with E-state index in [4.69, 9.17) is 1.37 Å². The Balaban J connectivity index is 2.33. The van der Waals surface area contributed by atoms with E-state index in [1.54, 1.807) is 10.9 Å². The van der Waals surface area contributed by atoms with Crippen LogP contribution >= 0.6 is 0 Å². The van der Waals surface area contributed by atoms with Crippen LogP contribution in [-0.2, 0) is 6.42 Å². The fourth-order valence-corrected chi connectivity index (χ4v) is 1.19. The number of hydrogen-bond acceptors (Lipinski definition) is 2. The summed E-state index contributed by atoms with van der Waals surface area (Å²) in [4.78, 5) is 0. The molecule has 1 aromatic carbocycles. The zero-order valence-corrected chi connectivity index (χ0v) is 7.44. The third-order valence-electron chi connectivity index (χ3n) is 1.99. The fraction of sp³-hybridized carbons (Fsp3) is 0.200. The Bertz CT molecular complexity index is 419. The Morgan fingerprint density at radius 1 is 1.38 bits per heavy atom. The first-order valence-electron chi connectivity index (χ1n) is 4.78. The maximum absolute atomic E-state index is 7.25. The van der Waals surface area contributed by atoms with Gasteiger partial charge in [0.25, 0.3) is 0 Å². The summed E-state index contributed by atoms with van der Waals surface area (Å²) in [6.07, 6.45) is 2.80. The van der Waals surface area contributed by atoms with Crippen LogP contribution in [0.1, 0.15) is 13.9 Å². The van der Waals surface area contributed by atoms with Crippen molar-refractivity contribution in [1.29, 1.82) is 0 Å². The van der Waals surface area contributed by atoms with Gasteiger partial charge >= 0.3 is 0 Å². The number of benzene rings is 1. The molecule has 3 heteroatoms. The minimum atomic E-state index is 0.185. The molecule has 0 unspecified atom stereocenters. The third kappa shape index (κ3) is 1.59. The molecule has 0 bridgehead atoms. The molecule has 0 aliphatic rings. The summed E-state index contributed by atoms with van der Waals surface area (Å²) < 4.78 is 8.85. The molecule has 1 aromatic heterocycles. The van der Waals surface area contributed by atoms with E-state index in [-0.39, 0.29) is 6.17 Å². The van der Waals surface area contributed by atoms with Crippen LogP contribution in [0.2, 0.25) is 0 Å². The number of hydrogen-bond donors (Lipinski definition) is 0. The second kappa shape index (κ2) is 3.39. The van der Waals surface area contributed by atoms with Crippen molar-refractivity contribution >= 4 is 0 Å². The molecule has 0 aliphatic carbocycles. The van der Waals surface area contributed by atoms with Gasteiger partial charge in [-0.25, -0.2) is 4.68 Å². The topological polar surface area (TPSA) is 30.7 Å². The highest BCUT2D eigenvalue weighted by molar-refractivity contribution is 5.33. The molecule has 0 saturated carbocycles. The molecular weight excluding hydrogens is 162 g/mol. The van der Waals surface area contributed by atoms with Gasteiger partial charge in [-0.05, 0) is 24.1 Å². The summed E-state index contributed by atoms with van der Waals surface area (Å²) in [5, 5.41) is 7.44. The second-order valence-corrected chi connectivity index (χ2v) is 2.81. The predicted octanol–water partition coefficient (Wildman–Crippen LogP) is 1.83. The summed E-state index contributed by atoms with van der Waals surface area (Å²) >= 11 is 0. The lowest BCUT2D eigenvalue weighted by Crippen LogP contribution is -1.94. The van der Waals surface area contributed by atoms with Crippen molar-refractivity contribution in [1.82, 2.24) is 15.0 Å². The monoisotopic (exact) mass is 174 g/mol. The van der Waals surface area contributed by atoms with Crippen molar-refractivity contribution in [3.8, 4) is 5.69 Å². The van der Waals surface area contributed by atoms with Gasteiger partial charge in [0.05, 0.1) is 19.4 Å². The number of nitrogens with zero attached hydrogens (tertiary/aromatic N) is 3. The molecule has 2 aromatic rings. The molecule has 0 fully saturated rings. The van der Waals surface area contributed by atoms with Crippen LogP contribution in [0, 0.1) is 0 Å². The smallest absolute Gasteiger partial charge is 0.0877 e. The molecule has 2 rings (SSSR count). The van der Waals surface area contributed by atoms with Crippen LogP contribution in [0.25, 0.3) is 5.69 Å². The summed E-state index contributed by atoms with van der Waals surface area (Å²) in [5.74, 6) is 0. The summed E-state index contributed by atoms with van der Waals surface area (Å²) in [7, 11) is 0. The van der Waals surface area contributed by atoms with E-state index in [0.29, 0.717) is 0 Å². The molecule has 0 N–H and O–H groups in total.